The largest absolute Gasteiger partial charge is 0.497 e. The Balaban J connectivity index is 1.41. The van der Waals surface area contributed by atoms with E-state index < -0.39 is 15.9 Å². The molecule has 0 saturated carbocycles. The van der Waals surface area contributed by atoms with Crippen molar-refractivity contribution in [2.75, 3.05) is 25.1 Å². The SMILES string of the molecule is COc1cccc(CCc2nc(N3CCc4ccccc4CC3)ncc2C(=O)NS(=O)(=O)c2ccc(C(C)C)cc2)c1. The van der Waals surface area contributed by atoms with Crippen LogP contribution in [0.5, 0.6) is 5.75 Å². The van der Waals surface area contributed by atoms with Crippen LogP contribution in [-0.4, -0.2) is 44.5 Å². The quantitative estimate of drug-likeness (QED) is 0.292. The van der Waals surface area contributed by atoms with Gasteiger partial charge in [0.25, 0.3) is 15.9 Å². The summed E-state index contributed by atoms with van der Waals surface area (Å²) in [5, 5.41) is 0. The van der Waals surface area contributed by atoms with Gasteiger partial charge in [-0.3, -0.25) is 4.79 Å². The number of sulfonamides is 1. The second kappa shape index (κ2) is 12.7. The highest BCUT2D eigenvalue weighted by Crippen LogP contribution is 2.22. The maximum absolute atomic E-state index is 13.4. The molecule has 1 aliphatic rings. The third-order valence-corrected chi connectivity index (χ3v) is 9.02. The summed E-state index contributed by atoms with van der Waals surface area (Å²) in [4.78, 5) is 25.0. The molecular formula is C33H36N4O4S. The van der Waals surface area contributed by atoms with Crippen LogP contribution >= 0.6 is 0 Å². The highest BCUT2D eigenvalue weighted by Gasteiger charge is 2.24. The van der Waals surface area contributed by atoms with Crippen molar-refractivity contribution in [3.05, 3.63) is 113 Å². The Morgan fingerprint density at radius 2 is 1.64 bits per heavy atom. The van der Waals surface area contributed by atoms with E-state index in [1.807, 2.05) is 38.1 Å². The molecule has 0 unspecified atom stereocenters. The fraction of sp³-hybridized carbons (Fsp3) is 0.303. The second-order valence-corrected chi connectivity index (χ2v) is 12.5. The van der Waals surface area contributed by atoms with Crippen molar-refractivity contribution in [1.82, 2.24) is 14.7 Å². The molecule has 1 aromatic heterocycles. The Morgan fingerprint density at radius 1 is 0.952 bits per heavy atom. The summed E-state index contributed by atoms with van der Waals surface area (Å²) in [5.74, 6) is 0.788. The molecule has 0 spiro atoms. The van der Waals surface area contributed by atoms with Crippen LogP contribution < -0.4 is 14.4 Å². The maximum Gasteiger partial charge on any atom is 0.268 e. The van der Waals surface area contributed by atoms with Gasteiger partial charge in [-0.25, -0.2) is 23.1 Å². The number of aryl methyl sites for hydroxylation is 2. The third-order valence-electron chi connectivity index (χ3n) is 7.67. The van der Waals surface area contributed by atoms with Crippen LogP contribution in [0.3, 0.4) is 0 Å². The van der Waals surface area contributed by atoms with Crippen LogP contribution in [0.1, 0.15) is 58.1 Å². The van der Waals surface area contributed by atoms with Gasteiger partial charge in [0.15, 0.2) is 0 Å². The van der Waals surface area contributed by atoms with Crippen molar-refractivity contribution in [2.24, 2.45) is 0 Å². The zero-order chi connectivity index (χ0) is 29.7. The van der Waals surface area contributed by atoms with Crippen LogP contribution in [0.15, 0.2) is 83.9 Å². The van der Waals surface area contributed by atoms with Crippen molar-refractivity contribution in [2.45, 2.75) is 50.3 Å². The lowest BCUT2D eigenvalue weighted by molar-refractivity contribution is 0.0979. The number of hydrogen-bond acceptors (Lipinski definition) is 7. The monoisotopic (exact) mass is 584 g/mol. The molecule has 1 N–H and O–H groups in total. The van der Waals surface area contributed by atoms with E-state index in [9.17, 15) is 13.2 Å². The maximum atomic E-state index is 13.4. The van der Waals surface area contributed by atoms with Gasteiger partial charge in [0.05, 0.1) is 23.3 Å². The van der Waals surface area contributed by atoms with Crippen molar-refractivity contribution in [3.63, 3.8) is 0 Å². The zero-order valence-corrected chi connectivity index (χ0v) is 25.0. The predicted octanol–water partition coefficient (Wildman–Crippen LogP) is 5.12. The minimum Gasteiger partial charge on any atom is -0.497 e. The van der Waals surface area contributed by atoms with Gasteiger partial charge in [0.1, 0.15) is 5.75 Å². The number of benzene rings is 3. The van der Waals surface area contributed by atoms with Crippen molar-refractivity contribution >= 4 is 21.9 Å². The Hall–Kier alpha value is -4.24. The van der Waals surface area contributed by atoms with Gasteiger partial charge in [-0.15, -0.1) is 0 Å². The fourth-order valence-electron chi connectivity index (χ4n) is 5.17. The number of fused-ring (bicyclic) bond motifs is 1. The Kier molecular flexibility index (Phi) is 8.87. The molecule has 42 heavy (non-hydrogen) atoms. The predicted molar refractivity (Wildman–Crippen MR) is 164 cm³/mol. The topological polar surface area (TPSA) is 101 Å². The van der Waals surface area contributed by atoms with E-state index in [2.05, 4.69) is 38.9 Å². The molecule has 1 aliphatic heterocycles. The smallest absolute Gasteiger partial charge is 0.268 e. The molecule has 1 amide bonds. The van der Waals surface area contributed by atoms with Gasteiger partial charge in [-0.2, -0.15) is 0 Å². The summed E-state index contributed by atoms with van der Waals surface area (Å²) in [7, 11) is -2.47. The molecule has 218 valence electrons. The van der Waals surface area contributed by atoms with E-state index in [4.69, 9.17) is 9.72 Å². The van der Waals surface area contributed by atoms with Crippen LogP contribution in [0.25, 0.3) is 0 Å². The zero-order valence-electron chi connectivity index (χ0n) is 24.2. The normalized spacial score (nSPS) is 13.4. The van der Waals surface area contributed by atoms with E-state index in [0.717, 1.165) is 42.8 Å². The van der Waals surface area contributed by atoms with Crippen molar-refractivity contribution in [1.29, 1.82) is 0 Å². The lowest BCUT2D eigenvalue weighted by atomic mass is 10.0. The first-order valence-electron chi connectivity index (χ1n) is 14.2. The van der Waals surface area contributed by atoms with E-state index in [1.54, 1.807) is 19.2 Å². The molecule has 3 aromatic carbocycles. The minimum absolute atomic E-state index is 0.0276. The first-order valence-corrected chi connectivity index (χ1v) is 15.7. The molecule has 0 radical (unpaired) electrons. The van der Waals surface area contributed by atoms with Crippen LogP contribution in [0.2, 0.25) is 0 Å². The molecule has 0 bridgehead atoms. The summed E-state index contributed by atoms with van der Waals surface area (Å²) >= 11 is 0. The Morgan fingerprint density at radius 3 is 2.29 bits per heavy atom. The number of nitrogens with zero attached hydrogens (tertiary/aromatic N) is 3. The first-order chi connectivity index (χ1) is 20.2. The molecule has 0 fully saturated rings. The number of carbonyl (C=O) groups is 1. The van der Waals surface area contributed by atoms with Gasteiger partial charge >= 0.3 is 0 Å². The van der Waals surface area contributed by atoms with Crippen molar-refractivity contribution < 1.29 is 17.9 Å². The summed E-state index contributed by atoms with van der Waals surface area (Å²) in [6.45, 7) is 5.57. The summed E-state index contributed by atoms with van der Waals surface area (Å²) in [6.07, 6.45) is 4.20. The Labute approximate surface area is 247 Å². The highest BCUT2D eigenvalue weighted by molar-refractivity contribution is 7.90. The lowest BCUT2D eigenvalue weighted by Gasteiger charge is -2.21. The van der Waals surface area contributed by atoms with E-state index in [-0.39, 0.29) is 16.4 Å². The van der Waals surface area contributed by atoms with Gasteiger partial charge < -0.3 is 9.64 Å². The van der Waals surface area contributed by atoms with Gasteiger partial charge in [-0.1, -0.05) is 62.4 Å². The number of hydrogen-bond donors (Lipinski definition) is 1. The third kappa shape index (κ3) is 6.79. The van der Waals surface area contributed by atoms with E-state index in [0.29, 0.717) is 24.5 Å². The molecule has 2 heterocycles. The highest BCUT2D eigenvalue weighted by atomic mass is 32.2. The number of anilines is 1. The van der Waals surface area contributed by atoms with Gasteiger partial charge in [0, 0.05) is 19.3 Å². The number of nitrogens with one attached hydrogen (secondary N) is 1. The molecule has 8 nitrogen and oxygen atoms in total. The second-order valence-electron chi connectivity index (χ2n) is 10.8. The van der Waals surface area contributed by atoms with Crippen LogP contribution in [0, 0.1) is 0 Å². The minimum atomic E-state index is -4.09. The summed E-state index contributed by atoms with van der Waals surface area (Å²) < 4.78 is 33.8. The average Bonchev–Trinajstić information content (AvgIpc) is 3.23. The van der Waals surface area contributed by atoms with Crippen LogP contribution in [0.4, 0.5) is 5.95 Å². The number of methoxy groups -OCH3 is 1. The standard InChI is InChI=1S/C33H36N4O4S/c1-23(2)25-12-14-29(15-13-25)42(39,40)36-32(38)30-22-34-33(37-19-17-26-8-4-5-9-27(26)18-20-37)35-31(30)16-11-24-7-6-10-28(21-24)41-3/h4-10,12-15,21-23H,11,16-20H2,1-3H3,(H,36,38). The van der Waals surface area contributed by atoms with E-state index >= 15 is 0 Å². The molecule has 0 aliphatic carbocycles. The molecular weight excluding hydrogens is 548 g/mol. The number of aromatic nitrogens is 2. The molecule has 4 aromatic rings. The first kappa shape index (κ1) is 29.3. The summed E-state index contributed by atoms with van der Waals surface area (Å²) in [5.41, 5.74) is 5.31. The number of rotatable bonds is 9. The molecule has 0 saturated heterocycles. The van der Waals surface area contributed by atoms with Gasteiger partial charge in [-0.05, 0) is 78.1 Å². The van der Waals surface area contributed by atoms with Gasteiger partial charge in [0.2, 0.25) is 5.95 Å². The molecule has 9 heteroatoms. The van der Waals surface area contributed by atoms with E-state index in [1.165, 1.54) is 29.5 Å². The van der Waals surface area contributed by atoms with Crippen LogP contribution in [-0.2, 0) is 35.7 Å². The average molecular weight is 585 g/mol. The lowest BCUT2D eigenvalue weighted by Crippen LogP contribution is -2.33. The molecule has 5 rings (SSSR count). The summed E-state index contributed by atoms with van der Waals surface area (Å²) in [6, 6.07) is 22.7. The number of carbonyl (C=O) groups excluding carboxylic acids is 1. The fourth-order valence-corrected chi connectivity index (χ4v) is 6.13. The number of ether oxygens (including phenoxy) is 1. The Bertz CT molecular complexity index is 1640. The number of amides is 1. The molecule has 0 atom stereocenters. The van der Waals surface area contributed by atoms with Crippen molar-refractivity contribution in [3.8, 4) is 5.75 Å².